The number of hydrogen-bond donors (Lipinski definition) is 3. The molecule has 0 aromatic heterocycles. The third kappa shape index (κ3) is 7.08. The van der Waals surface area contributed by atoms with E-state index in [0.717, 1.165) is 15.6 Å². The zero-order valence-electron chi connectivity index (χ0n) is 19.0. The van der Waals surface area contributed by atoms with Crippen molar-refractivity contribution in [2.75, 3.05) is 24.4 Å². The van der Waals surface area contributed by atoms with E-state index in [9.17, 15) is 9.59 Å². The molecule has 0 saturated heterocycles. The van der Waals surface area contributed by atoms with Crippen LogP contribution in [-0.2, 0) is 4.79 Å². The predicted molar refractivity (Wildman–Crippen MR) is 137 cm³/mol. The van der Waals surface area contributed by atoms with Crippen molar-refractivity contribution in [1.29, 1.82) is 0 Å². The van der Waals surface area contributed by atoms with Gasteiger partial charge < -0.3 is 20.1 Å². The normalized spacial score (nSPS) is 10.6. The van der Waals surface area contributed by atoms with Gasteiger partial charge in [0.2, 0.25) is 0 Å². The van der Waals surface area contributed by atoms with E-state index in [0.29, 0.717) is 28.4 Å². The lowest BCUT2D eigenvalue weighted by atomic mass is 10.2. The van der Waals surface area contributed by atoms with E-state index in [1.807, 2.05) is 50.2 Å². The van der Waals surface area contributed by atoms with Gasteiger partial charge in [-0.05, 0) is 61.9 Å². The molecule has 3 aromatic rings. The van der Waals surface area contributed by atoms with Crippen LogP contribution in [0.25, 0.3) is 0 Å². The molecule has 0 atom stereocenters. The summed E-state index contributed by atoms with van der Waals surface area (Å²) in [5.74, 6) is 0.445. The molecule has 0 fully saturated rings. The Kier molecular flexibility index (Phi) is 8.64. The highest BCUT2D eigenvalue weighted by Gasteiger charge is 2.12. The fourth-order valence-corrected chi connectivity index (χ4v) is 3.21. The van der Waals surface area contributed by atoms with Crippen molar-refractivity contribution >= 4 is 45.5 Å². The van der Waals surface area contributed by atoms with E-state index in [1.165, 1.54) is 13.3 Å². The molecule has 0 aliphatic heterocycles. The van der Waals surface area contributed by atoms with Gasteiger partial charge in [0.25, 0.3) is 5.91 Å². The third-order valence-electron chi connectivity index (χ3n) is 4.70. The van der Waals surface area contributed by atoms with Gasteiger partial charge in [0.05, 0.1) is 13.3 Å². The Morgan fingerprint density at radius 2 is 1.74 bits per heavy atom. The standard InChI is InChI=1S/C25H25BrN4O4/c1-16-7-9-19(10-8-16)28-23(31)15-34-24-18(5-4-6-22(24)33-3)14-27-30-25(32)29-20-11-12-21(26)17(2)13-20/h4-14H,15H2,1-3H3,(H,28,31)(H2,29,30,32)/b27-14+. The summed E-state index contributed by atoms with van der Waals surface area (Å²) in [6, 6.07) is 17.6. The molecule has 3 rings (SSSR count). The number of halogens is 1. The van der Waals surface area contributed by atoms with E-state index in [1.54, 1.807) is 24.3 Å². The molecule has 0 saturated carbocycles. The number of ether oxygens (including phenoxy) is 2. The largest absolute Gasteiger partial charge is 0.493 e. The van der Waals surface area contributed by atoms with Crippen molar-refractivity contribution in [1.82, 2.24) is 5.43 Å². The number of carbonyl (C=O) groups is 2. The lowest BCUT2D eigenvalue weighted by Crippen LogP contribution is -2.24. The predicted octanol–water partition coefficient (Wildman–Crippen LogP) is 5.25. The fourth-order valence-electron chi connectivity index (χ4n) is 2.96. The van der Waals surface area contributed by atoms with Gasteiger partial charge in [-0.2, -0.15) is 5.10 Å². The number of amides is 3. The van der Waals surface area contributed by atoms with Crippen LogP contribution in [-0.4, -0.2) is 31.9 Å². The quantitative estimate of drug-likeness (QED) is 0.276. The zero-order valence-corrected chi connectivity index (χ0v) is 20.6. The number of hydrogen-bond acceptors (Lipinski definition) is 5. The first kappa shape index (κ1) is 24.8. The molecular weight excluding hydrogens is 500 g/mol. The Morgan fingerprint density at radius 3 is 2.44 bits per heavy atom. The summed E-state index contributed by atoms with van der Waals surface area (Å²) < 4.78 is 12.0. The molecule has 9 heteroatoms. The molecule has 0 radical (unpaired) electrons. The molecule has 0 unspecified atom stereocenters. The highest BCUT2D eigenvalue weighted by molar-refractivity contribution is 9.10. The van der Waals surface area contributed by atoms with Crippen molar-refractivity contribution < 1.29 is 19.1 Å². The molecule has 0 bridgehead atoms. The maximum Gasteiger partial charge on any atom is 0.339 e. The second-order valence-electron chi connectivity index (χ2n) is 7.37. The number of anilines is 2. The van der Waals surface area contributed by atoms with Crippen LogP contribution in [0.2, 0.25) is 0 Å². The number of hydrazone groups is 1. The second-order valence-corrected chi connectivity index (χ2v) is 8.22. The second kappa shape index (κ2) is 11.9. The van der Waals surface area contributed by atoms with Crippen LogP contribution in [0, 0.1) is 13.8 Å². The average molecular weight is 525 g/mol. The lowest BCUT2D eigenvalue weighted by Gasteiger charge is -2.13. The van der Waals surface area contributed by atoms with Crippen molar-refractivity contribution in [2.24, 2.45) is 5.10 Å². The molecule has 3 amide bonds. The molecule has 0 aliphatic carbocycles. The van der Waals surface area contributed by atoms with Crippen LogP contribution in [0.15, 0.2) is 70.2 Å². The van der Waals surface area contributed by atoms with Crippen LogP contribution in [0.3, 0.4) is 0 Å². The number of benzene rings is 3. The minimum Gasteiger partial charge on any atom is -0.493 e. The first-order chi connectivity index (χ1) is 16.4. The van der Waals surface area contributed by atoms with Gasteiger partial charge in [-0.15, -0.1) is 0 Å². The van der Waals surface area contributed by atoms with E-state index < -0.39 is 6.03 Å². The first-order valence-corrected chi connectivity index (χ1v) is 11.2. The average Bonchev–Trinajstić information content (AvgIpc) is 2.82. The number of nitrogens with zero attached hydrogens (tertiary/aromatic N) is 1. The molecule has 176 valence electrons. The highest BCUT2D eigenvalue weighted by atomic mass is 79.9. The van der Waals surface area contributed by atoms with Gasteiger partial charge in [0.15, 0.2) is 18.1 Å². The summed E-state index contributed by atoms with van der Waals surface area (Å²) in [4.78, 5) is 24.5. The Hall–Kier alpha value is -3.85. The van der Waals surface area contributed by atoms with Crippen LogP contribution >= 0.6 is 15.9 Å². The molecule has 8 nitrogen and oxygen atoms in total. The Labute approximate surface area is 206 Å². The summed E-state index contributed by atoms with van der Waals surface area (Å²) in [5.41, 5.74) is 6.35. The van der Waals surface area contributed by atoms with Crippen molar-refractivity contribution in [2.45, 2.75) is 13.8 Å². The number of para-hydroxylation sites is 1. The monoisotopic (exact) mass is 524 g/mol. The molecular formula is C25H25BrN4O4. The minimum absolute atomic E-state index is 0.230. The summed E-state index contributed by atoms with van der Waals surface area (Å²) in [6.07, 6.45) is 1.42. The smallest absolute Gasteiger partial charge is 0.339 e. The first-order valence-electron chi connectivity index (χ1n) is 10.4. The van der Waals surface area contributed by atoms with Gasteiger partial charge in [-0.25, -0.2) is 10.2 Å². The number of nitrogens with one attached hydrogen (secondary N) is 3. The molecule has 0 spiro atoms. The lowest BCUT2D eigenvalue weighted by molar-refractivity contribution is -0.118. The SMILES string of the molecule is COc1cccc(/C=N/NC(=O)Nc2ccc(Br)c(C)c2)c1OCC(=O)Nc1ccc(C)cc1. The summed E-state index contributed by atoms with van der Waals surface area (Å²) in [7, 11) is 1.50. The van der Waals surface area contributed by atoms with Crippen LogP contribution in [0.1, 0.15) is 16.7 Å². The summed E-state index contributed by atoms with van der Waals surface area (Å²) in [6.45, 7) is 3.67. The fraction of sp³-hybridized carbons (Fsp3) is 0.160. The third-order valence-corrected chi connectivity index (χ3v) is 5.59. The van der Waals surface area contributed by atoms with Gasteiger partial charge in [-0.3, -0.25) is 4.79 Å². The Morgan fingerprint density at radius 1 is 1.00 bits per heavy atom. The summed E-state index contributed by atoms with van der Waals surface area (Å²) >= 11 is 3.42. The Bertz CT molecular complexity index is 1200. The molecule has 0 aliphatic rings. The molecule has 3 N–H and O–H groups in total. The highest BCUT2D eigenvalue weighted by Crippen LogP contribution is 2.30. The van der Waals surface area contributed by atoms with E-state index in [2.05, 4.69) is 37.1 Å². The van der Waals surface area contributed by atoms with E-state index in [4.69, 9.17) is 9.47 Å². The van der Waals surface area contributed by atoms with E-state index in [-0.39, 0.29) is 12.5 Å². The van der Waals surface area contributed by atoms with Gasteiger partial charge in [-0.1, -0.05) is 39.7 Å². The molecule has 34 heavy (non-hydrogen) atoms. The van der Waals surface area contributed by atoms with Gasteiger partial charge >= 0.3 is 6.03 Å². The van der Waals surface area contributed by atoms with Crippen molar-refractivity contribution in [3.63, 3.8) is 0 Å². The number of carbonyl (C=O) groups excluding carboxylic acids is 2. The number of rotatable bonds is 8. The molecule has 0 heterocycles. The van der Waals surface area contributed by atoms with Gasteiger partial charge in [0, 0.05) is 21.4 Å². The van der Waals surface area contributed by atoms with Crippen LogP contribution in [0.5, 0.6) is 11.5 Å². The van der Waals surface area contributed by atoms with Crippen LogP contribution in [0.4, 0.5) is 16.2 Å². The van der Waals surface area contributed by atoms with Crippen molar-refractivity contribution in [3.8, 4) is 11.5 Å². The number of urea groups is 1. The van der Waals surface area contributed by atoms with Crippen LogP contribution < -0.4 is 25.5 Å². The minimum atomic E-state index is -0.499. The maximum atomic E-state index is 12.3. The number of aryl methyl sites for hydroxylation is 2. The van der Waals surface area contributed by atoms with E-state index >= 15 is 0 Å². The topological polar surface area (TPSA) is 101 Å². The Balaban J connectivity index is 1.62. The number of methoxy groups -OCH3 is 1. The summed E-state index contributed by atoms with van der Waals surface area (Å²) in [5, 5.41) is 9.47. The maximum absolute atomic E-state index is 12.3. The molecule has 3 aromatic carbocycles. The zero-order chi connectivity index (χ0) is 24.5. The van der Waals surface area contributed by atoms with Crippen molar-refractivity contribution in [3.05, 3.63) is 81.8 Å². The van der Waals surface area contributed by atoms with Gasteiger partial charge in [0.1, 0.15) is 0 Å².